The molecule has 2 aromatic rings. The first-order valence-corrected chi connectivity index (χ1v) is 5.14. The highest BCUT2D eigenvalue weighted by Gasteiger charge is 2.07. The Morgan fingerprint density at radius 2 is 2.38 bits per heavy atom. The van der Waals surface area contributed by atoms with Crippen LogP contribution in [0.25, 0.3) is 5.65 Å². The number of hydrogen-bond acceptors (Lipinski definition) is 4. The van der Waals surface area contributed by atoms with Gasteiger partial charge in [-0.2, -0.15) is 5.10 Å². The lowest BCUT2D eigenvalue weighted by Crippen LogP contribution is -2.02. The molecule has 16 heavy (non-hydrogen) atoms. The highest BCUT2D eigenvalue weighted by molar-refractivity contribution is 6.30. The second-order valence-electron chi connectivity index (χ2n) is 3.25. The number of nitrogens with zero attached hydrogens (tertiary/aromatic N) is 3. The summed E-state index contributed by atoms with van der Waals surface area (Å²) >= 11 is 5.82. The maximum Gasteiger partial charge on any atom is 0.305 e. The summed E-state index contributed by atoms with van der Waals surface area (Å²) < 4.78 is 6.13. The quantitative estimate of drug-likeness (QED) is 0.762. The molecule has 0 aliphatic heterocycles. The molecule has 5 nitrogen and oxygen atoms in total. The number of carbonyl (C=O) groups is 1. The van der Waals surface area contributed by atoms with Gasteiger partial charge in [-0.05, 0) is 12.1 Å². The van der Waals surface area contributed by atoms with Crippen molar-refractivity contribution in [1.82, 2.24) is 14.6 Å². The van der Waals surface area contributed by atoms with E-state index in [0.717, 1.165) is 0 Å². The lowest BCUT2D eigenvalue weighted by atomic mass is 10.3. The molecule has 0 unspecified atom stereocenters. The van der Waals surface area contributed by atoms with Gasteiger partial charge in [0.05, 0.1) is 18.6 Å². The zero-order chi connectivity index (χ0) is 11.5. The molecule has 0 N–H and O–H groups in total. The van der Waals surface area contributed by atoms with Crippen LogP contribution in [-0.4, -0.2) is 27.7 Å². The van der Waals surface area contributed by atoms with E-state index in [0.29, 0.717) is 22.9 Å². The van der Waals surface area contributed by atoms with Gasteiger partial charge >= 0.3 is 5.97 Å². The monoisotopic (exact) mass is 239 g/mol. The number of pyridine rings is 1. The number of aromatic nitrogens is 3. The standard InChI is InChI=1S/C10H10ClN3O2/c1-16-10(15)5-3-8-12-9-4-2-7(11)6-14(9)13-8/h2,4,6H,3,5H2,1H3. The molecule has 0 fully saturated rings. The third-order valence-corrected chi connectivity index (χ3v) is 2.34. The fourth-order valence-corrected chi connectivity index (χ4v) is 1.48. The van der Waals surface area contributed by atoms with Crippen LogP contribution in [0.3, 0.4) is 0 Å². The molecule has 2 heterocycles. The van der Waals surface area contributed by atoms with Crippen molar-refractivity contribution in [2.75, 3.05) is 7.11 Å². The zero-order valence-electron chi connectivity index (χ0n) is 8.68. The van der Waals surface area contributed by atoms with E-state index in [1.165, 1.54) is 7.11 Å². The largest absolute Gasteiger partial charge is 0.469 e. The van der Waals surface area contributed by atoms with Crippen molar-refractivity contribution in [3.8, 4) is 0 Å². The predicted octanol–water partition coefficient (Wildman–Crippen LogP) is 1.49. The first-order chi connectivity index (χ1) is 7.69. The van der Waals surface area contributed by atoms with Crippen LogP contribution in [0.5, 0.6) is 0 Å². The molecule has 2 rings (SSSR count). The van der Waals surface area contributed by atoms with Gasteiger partial charge in [0.1, 0.15) is 0 Å². The first kappa shape index (κ1) is 10.9. The predicted molar refractivity (Wildman–Crippen MR) is 58.3 cm³/mol. The molecule has 0 amide bonds. The minimum absolute atomic E-state index is 0.267. The number of ether oxygens (including phenoxy) is 1. The molecule has 0 aliphatic rings. The lowest BCUT2D eigenvalue weighted by Gasteiger charge is -1.94. The lowest BCUT2D eigenvalue weighted by molar-refractivity contribution is -0.140. The van der Waals surface area contributed by atoms with Crippen LogP contribution in [0, 0.1) is 0 Å². The molecule has 6 heteroatoms. The summed E-state index contributed by atoms with van der Waals surface area (Å²) in [6.45, 7) is 0. The van der Waals surface area contributed by atoms with Gasteiger partial charge < -0.3 is 4.74 Å². The van der Waals surface area contributed by atoms with Crippen molar-refractivity contribution >= 4 is 23.2 Å². The first-order valence-electron chi connectivity index (χ1n) is 4.76. The van der Waals surface area contributed by atoms with Crippen molar-refractivity contribution in [1.29, 1.82) is 0 Å². The van der Waals surface area contributed by atoms with Gasteiger partial charge in [0.15, 0.2) is 11.5 Å². The van der Waals surface area contributed by atoms with Crippen molar-refractivity contribution in [2.45, 2.75) is 12.8 Å². The number of fused-ring (bicyclic) bond motifs is 1. The Balaban J connectivity index is 2.16. The summed E-state index contributed by atoms with van der Waals surface area (Å²) in [4.78, 5) is 15.2. The summed E-state index contributed by atoms with van der Waals surface area (Å²) in [6, 6.07) is 3.52. The number of methoxy groups -OCH3 is 1. The van der Waals surface area contributed by atoms with Gasteiger partial charge in [-0.3, -0.25) is 4.79 Å². The Hall–Kier alpha value is -1.62. The molecular formula is C10H10ClN3O2. The summed E-state index contributed by atoms with van der Waals surface area (Å²) in [5, 5.41) is 4.79. The Kier molecular flexibility index (Phi) is 3.05. The van der Waals surface area contributed by atoms with E-state index in [1.54, 1.807) is 22.8 Å². The van der Waals surface area contributed by atoms with Gasteiger partial charge in [-0.25, -0.2) is 9.50 Å². The molecule has 84 valence electrons. The van der Waals surface area contributed by atoms with Crippen molar-refractivity contribution in [3.05, 3.63) is 29.2 Å². The summed E-state index contributed by atoms with van der Waals surface area (Å²) in [6.07, 6.45) is 2.42. The maximum absolute atomic E-state index is 10.9. The number of aryl methyl sites for hydroxylation is 1. The number of halogens is 1. The van der Waals surface area contributed by atoms with Gasteiger partial charge in [-0.1, -0.05) is 11.6 Å². The van der Waals surface area contributed by atoms with Gasteiger partial charge in [0, 0.05) is 12.6 Å². The molecule has 0 aliphatic carbocycles. The highest BCUT2D eigenvalue weighted by Crippen LogP contribution is 2.10. The SMILES string of the molecule is COC(=O)CCc1nc2ccc(Cl)cn2n1. The van der Waals surface area contributed by atoms with Crippen LogP contribution in [0.15, 0.2) is 18.3 Å². The third kappa shape index (κ3) is 2.30. The molecule has 0 radical (unpaired) electrons. The third-order valence-electron chi connectivity index (χ3n) is 2.12. The average Bonchev–Trinajstić information content (AvgIpc) is 2.67. The van der Waals surface area contributed by atoms with Crippen molar-refractivity contribution < 1.29 is 9.53 Å². The van der Waals surface area contributed by atoms with Crippen LogP contribution in [0.2, 0.25) is 5.02 Å². The molecule has 0 atom stereocenters. The minimum atomic E-state index is -0.267. The van der Waals surface area contributed by atoms with E-state index < -0.39 is 0 Å². The summed E-state index contributed by atoms with van der Waals surface area (Å²) in [5.41, 5.74) is 0.712. The fourth-order valence-electron chi connectivity index (χ4n) is 1.33. The minimum Gasteiger partial charge on any atom is -0.469 e. The van der Waals surface area contributed by atoms with Crippen LogP contribution >= 0.6 is 11.6 Å². The van der Waals surface area contributed by atoms with Crippen LogP contribution in [-0.2, 0) is 16.0 Å². The molecule has 0 bridgehead atoms. The van der Waals surface area contributed by atoms with Gasteiger partial charge in [0.2, 0.25) is 0 Å². The van der Waals surface area contributed by atoms with E-state index in [1.807, 2.05) is 0 Å². The smallest absolute Gasteiger partial charge is 0.305 e. The fraction of sp³-hybridized carbons (Fsp3) is 0.300. The molecule has 2 aromatic heterocycles. The second-order valence-corrected chi connectivity index (χ2v) is 3.69. The normalized spacial score (nSPS) is 10.6. The average molecular weight is 240 g/mol. The Bertz CT molecular complexity index is 524. The van der Waals surface area contributed by atoms with E-state index in [4.69, 9.17) is 11.6 Å². The Labute approximate surface area is 97.0 Å². The van der Waals surface area contributed by atoms with Crippen molar-refractivity contribution in [3.63, 3.8) is 0 Å². The van der Waals surface area contributed by atoms with Crippen LogP contribution in [0.1, 0.15) is 12.2 Å². The van der Waals surface area contributed by atoms with E-state index in [2.05, 4.69) is 14.8 Å². The highest BCUT2D eigenvalue weighted by atomic mass is 35.5. The number of rotatable bonds is 3. The summed E-state index contributed by atoms with van der Waals surface area (Å²) in [7, 11) is 1.36. The second kappa shape index (κ2) is 4.49. The molecular weight excluding hydrogens is 230 g/mol. The molecule has 0 saturated heterocycles. The Morgan fingerprint density at radius 3 is 3.12 bits per heavy atom. The van der Waals surface area contributed by atoms with E-state index in [-0.39, 0.29) is 12.4 Å². The van der Waals surface area contributed by atoms with Crippen molar-refractivity contribution in [2.24, 2.45) is 0 Å². The topological polar surface area (TPSA) is 56.5 Å². The summed E-state index contributed by atoms with van der Waals surface area (Å²) in [5.74, 6) is 0.338. The van der Waals surface area contributed by atoms with Gasteiger partial charge in [0.25, 0.3) is 0 Å². The van der Waals surface area contributed by atoms with Crippen LogP contribution in [0.4, 0.5) is 0 Å². The molecule has 0 spiro atoms. The number of carbonyl (C=O) groups excluding carboxylic acids is 1. The number of esters is 1. The molecule has 0 aromatic carbocycles. The molecule has 0 saturated carbocycles. The maximum atomic E-state index is 10.9. The van der Waals surface area contributed by atoms with E-state index in [9.17, 15) is 4.79 Å². The van der Waals surface area contributed by atoms with Crippen LogP contribution < -0.4 is 0 Å². The number of hydrogen-bond donors (Lipinski definition) is 0. The Morgan fingerprint density at radius 1 is 1.56 bits per heavy atom. The zero-order valence-corrected chi connectivity index (χ0v) is 9.44. The van der Waals surface area contributed by atoms with E-state index >= 15 is 0 Å². The van der Waals surface area contributed by atoms with Gasteiger partial charge in [-0.15, -0.1) is 0 Å².